The number of rotatable bonds is 6. The van der Waals surface area contributed by atoms with Crippen LogP contribution in [0.4, 0.5) is 0 Å². The maximum atomic E-state index is 6.31. The Labute approximate surface area is 128 Å². The molecule has 1 atom stereocenters. The van der Waals surface area contributed by atoms with Gasteiger partial charge in [0.25, 0.3) is 0 Å². The van der Waals surface area contributed by atoms with Crippen molar-refractivity contribution in [2.24, 2.45) is 0 Å². The standard InChI is InChI=1S/C15H17Cl2NS/c1-2-6-18-15(8-11-5-7-19-10-11)13-9-12(16)3-4-14(13)17/h3-5,7,9-10,15,18H,2,6,8H2,1H3. The van der Waals surface area contributed by atoms with Gasteiger partial charge in [-0.3, -0.25) is 0 Å². The molecular weight excluding hydrogens is 297 g/mol. The summed E-state index contributed by atoms with van der Waals surface area (Å²) >= 11 is 14.1. The third kappa shape index (κ3) is 4.22. The van der Waals surface area contributed by atoms with Gasteiger partial charge < -0.3 is 5.32 Å². The lowest BCUT2D eigenvalue weighted by molar-refractivity contribution is 0.530. The maximum Gasteiger partial charge on any atom is 0.0454 e. The van der Waals surface area contributed by atoms with E-state index in [1.165, 1.54) is 5.56 Å². The van der Waals surface area contributed by atoms with E-state index in [2.05, 4.69) is 29.1 Å². The monoisotopic (exact) mass is 313 g/mol. The first-order chi connectivity index (χ1) is 9.20. The molecule has 19 heavy (non-hydrogen) atoms. The molecule has 1 aromatic carbocycles. The summed E-state index contributed by atoms with van der Waals surface area (Å²) in [4.78, 5) is 0. The van der Waals surface area contributed by atoms with Crippen LogP contribution in [0.15, 0.2) is 35.0 Å². The number of nitrogens with one attached hydrogen (secondary N) is 1. The number of thiophene rings is 1. The molecule has 0 amide bonds. The lowest BCUT2D eigenvalue weighted by atomic mass is 10.0. The van der Waals surface area contributed by atoms with Crippen LogP contribution in [0.5, 0.6) is 0 Å². The van der Waals surface area contributed by atoms with Gasteiger partial charge in [-0.1, -0.05) is 30.1 Å². The summed E-state index contributed by atoms with van der Waals surface area (Å²) in [5.41, 5.74) is 2.41. The largest absolute Gasteiger partial charge is 0.310 e. The highest BCUT2D eigenvalue weighted by Crippen LogP contribution is 2.29. The number of benzene rings is 1. The second kappa shape index (κ2) is 7.30. The second-order valence-corrected chi connectivity index (χ2v) is 6.13. The minimum atomic E-state index is 0.209. The lowest BCUT2D eigenvalue weighted by Gasteiger charge is -2.20. The summed E-state index contributed by atoms with van der Waals surface area (Å²) in [7, 11) is 0. The molecule has 0 aliphatic rings. The van der Waals surface area contributed by atoms with Crippen molar-refractivity contribution in [3.8, 4) is 0 Å². The van der Waals surface area contributed by atoms with Gasteiger partial charge in [0, 0.05) is 16.1 Å². The van der Waals surface area contributed by atoms with Gasteiger partial charge in [0.05, 0.1) is 0 Å². The fourth-order valence-corrected chi connectivity index (χ4v) is 3.15. The summed E-state index contributed by atoms with van der Waals surface area (Å²) in [6, 6.07) is 8.02. The molecule has 0 fully saturated rings. The van der Waals surface area contributed by atoms with Crippen molar-refractivity contribution < 1.29 is 0 Å². The van der Waals surface area contributed by atoms with Crippen molar-refractivity contribution in [1.29, 1.82) is 0 Å². The van der Waals surface area contributed by atoms with Crippen molar-refractivity contribution in [1.82, 2.24) is 5.32 Å². The molecule has 0 radical (unpaired) electrons. The normalized spacial score (nSPS) is 12.6. The first kappa shape index (κ1) is 14.9. The predicted molar refractivity (Wildman–Crippen MR) is 85.5 cm³/mol. The summed E-state index contributed by atoms with van der Waals surface area (Å²) in [5, 5.41) is 9.34. The number of halogens is 2. The van der Waals surface area contributed by atoms with E-state index >= 15 is 0 Å². The smallest absolute Gasteiger partial charge is 0.0454 e. The zero-order chi connectivity index (χ0) is 13.7. The zero-order valence-corrected chi connectivity index (χ0v) is 13.2. The fourth-order valence-electron chi connectivity index (χ4n) is 2.04. The molecule has 4 heteroatoms. The van der Waals surface area contributed by atoms with Gasteiger partial charge in [0.1, 0.15) is 0 Å². The molecule has 102 valence electrons. The van der Waals surface area contributed by atoms with E-state index in [0.717, 1.165) is 35.0 Å². The highest BCUT2D eigenvalue weighted by Gasteiger charge is 2.15. The predicted octanol–water partition coefficient (Wildman–Crippen LogP) is 5.34. The summed E-state index contributed by atoms with van der Waals surface area (Å²) in [6.07, 6.45) is 2.03. The summed E-state index contributed by atoms with van der Waals surface area (Å²) < 4.78 is 0. The van der Waals surface area contributed by atoms with Gasteiger partial charge in [-0.25, -0.2) is 0 Å². The highest BCUT2D eigenvalue weighted by atomic mass is 35.5. The molecule has 0 saturated carbocycles. The second-order valence-electron chi connectivity index (χ2n) is 4.51. The van der Waals surface area contributed by atoms with Gasteiger partial charge in [-0.2, -0.15) is 11.3 Å². The maximum absolute atomic E-state index is 6.31. The van der Waals surface area contributed by atoms with Crippen LogP contribution < -0.4 is 5.32 Å². The lowest BCUT2D eigenvalue weighted by Crippen LogP contribution is -2.24. The van der Waals surface area contributed by atoms with Crippen LogP contribution >= 0.6 is 34.5 Å². The van der Waals surface area contributed by atoms with Crippen molar-refractivity contribution in [2.45, 2.75) is 25.8 Å². The van der Waals surface area contributed by atoms with E-state index in [9.17, 15) is 0 Å². The fraction of sp³-hybridized carbons (Fsp3) is 0.333. The van der Waals surface area contributed by atoms with E-state index < -0.39 is 0 Å². The van der Waals surface area contributed by atoms with Crippen molar-refractivity contribution in [3.63, 3.8) is 0 Å². The van der Waals surface area contributed by atoms with E-state index in [4.69, 9.17) is 23.2 Å². The van der Waals surface area contributed by atoms with Gasteiger partial charge >= 0.3 is 0 Å². The third-order valence-electron chi connectivity index (χ3n) is 2.99. The quantitative estimate of drug-likeness (QED) is 0.759. The number of hydrogen-bond acceptors (Lipinski definition) is 2. The van der Waals surface area contributed by atoms with Gasteiger partial charge in [-0.05, 0) is 65.5 Å². The van der Waals surface area contributed by atoms with E-state index in [-0.39, 0.29) is 6.04 Å². The molecule has 2 rings (SSSR count). The Morgan fingerprint density at radius 2 is 2.11 bits per heavy atom. The van der Waals surface area contributed by atoms with Crippen LogP contribution in [0.25, 0.3) is 0 Å². The summed E-state index contributed by atoms with van der Waals surface area (Å²) in [6.45, 7) is 3.13. The van der Waals surface area contributed by atoms with Gasteiger partial charge in [0.15, 0.2) is 0 Å². The Morgan fingerprint density at radius 1 is 1.26 bits per heavy atom. The first-order valence-corrected chi connectivity index (χ1v) is 8.10. The van der Waals surface area contributed by atoms with Crippen LogP contribution in [0.3, 0.4) is 0 Å². The SMILES string of the molecule is CCCNC(Cc1ccsc1)c1cc(Cl)ccc1Cl. The third-order valence-corrected chi connectivity index (χ3v) is 4.31. The first-order valence-electron chi connectivity index (χ1n) is 6.40. The Kier molecular flexibility index (Phi) is 5.71. The zero-order valence-electron chi connectivity index (χ0n) is 10.8. The highest BCUT2D eigenvalue weighted by molar-refractivity contribution is 7.07. The Hall–Kier alpha value is -0.540. The molecule has 1 nitrogen and oxygen atoms in total. The molecule has 1 aromatic heterocycles. The van der Waals surface area contributed by atoms with Gasteiger partial charge in [0.2, 0.25) is 0 Å². The van der Waals surface area contributed by atoms with Crippen molar-refractivity contribution in [2.75, 3.05) is 6.54 Å². The molecule has 2 aromatic rings. The molecule has 1 heterocycles. The Morgan fingerprint density at radius 3 is 2.79 bits per heavy atom. The average Bonchev–Trinajstić information content (AvgIpc) is 2.90. The molecule has 0 saturated heterocycles. The molecule has 0 aliphatic heterocycles. The Balaban J connectivity index is 2.23. The average molecular weight is 314 g/mol. The van der Waals surface area contributed by atoms with Crippen molar-refractivity contribution >= 4 is 34.5 Å². The molecule has 0 aliphatic carbocycles. The van der Waals surface area contributed by atoms with E-state index in [1.807, 2.05) is 18.2 Å². The van der Waals surface area contributed by atoms with Crippen LogP contribution in [0.2, 0.25) is 10.0 Å². The van der Waals surface area contributed by atoms with Crippen LogP contribution in [0.1, 0.15) is 30.5 Å². The molecule has 0 spiro atoms. The molecule has 0 bridgehead atoms. The minimum absolute atomic E-state index is 0.209. The number of hydrogen-bond donors (Lipinski definition) is 1. The van der Waals surface area contributed by atoms with Crippen LogP contribution in [-0.4, -0.2) is 6.54 Å². The minimum Gasteiger partial charge on any atom is -0.310 e. The van der Waals surface area contributed by atoms with Crippen molar-refractivity contribution in [3.05, 3.63) is 56.2 Å². The molecule has 1 unspecified atom stereocenters. The van der Waals surface area contributed by atoms with Crippen LogP contribution in [-0.2, 0) is 6.42 Å². The van der Waals surface area contributed by atoms with Crippen LogP contribution in [0, 0.1) is 0 Å². The van der Waals surface area contributed by atoms with E-state index in [0.29, 0.717) is 0 Å². The molecule has 1 N–H and O–H groups in total. The topological polar surface area (TPSA) is 12.0 Å². The van der Waals surface area contributed by atoms with Gasteiger partial charge in [-0.15, -0.1) is 0 Å². The van der Waals surface area contributed by atoms with E-state index in [1.54, 1.807) is 11.3 Å². The Bertz CT molecular complexity index is 511. The summed E-state index contributed by atoms with van der Waals surface area (Å²) in [5.74, 6) is 0. The molecular formula is C15H17Cl2NS.